The third kappa shape index (κ3) is 18.6. The van der Waals surface area contributed by atoms with E-state index >= 15 is 9.59 Å². The first-order valence-corrected chi connectivity index (χ1v) is 29.4. The van der Waals surface area contributed by atoms with E-state index in [1.807, 2.05) is 0 Å². The van der Waals surface area contributed by atoms with Gasteiger partial charge in [-0.05, 0) is 74.5 Å². The lowest BCUT2D eigenvalue weighted by Gasteiger charge is -2.41. The van der Waals surface area contributed by atoms with Crippen molar-refractivity contribution < 1.29 is 78.4 Å². The molecule has 3 aliphatic rings. The summed E-state index contributed by atoms with van der Waals surface area (Å²) < 4.78 is 24.7. The summed E-state index contributed by atoms with van der Waals surface area (Å²) in [5.41, 5.74) is 19.6. The number of aliphatic hydroxyl groups is 6. The molecule has 21 nitrogen and oxygen atoms in total. The van der Waals surface area contributed by atoms with Gasteiger partial charge in [0.1, 0.15) is 65.7 Å². The number of ketones is 4. The van der Waals surface area contributed by atoms with Gasteiger partial charge in [-0.1, -0.05) is 104 Å². The Kier molecular flexibility index (Phi) is 27.2. The molecule has 454 valence electrons. The fourth-order valence-electron chi connectivity index (χ4n) is 10.9. The second kappa shape index (κ2) is 32.9. The molecule has 2 fully saturated rings. The standard InChI is InChI=1S/C60H93N5O16/c1-6-7-8-9-10-11-12-13-14-15-16-20-40(69)30-39(19-17-18-25-61)58(77)65(5)52-38-22-24-47(79-60-51(63)56(75)54(73)49(33-67)81-60)42(31-38)41-28-37(21-23-46(41)78-59-50(62)55(74)53(72)48(32-66)80-59)29-43(44(70)26-34(2)36(4)68)64-57(76)35(3)27-45(52)71/h21-24,28,31,34-35,39,43,48-56,59-60,66-67,72-75H,6-20,25-27,29-30,32-33,61-63H2,1-5H3,(H,64,76)/t34-,35-,39-,43+,48-,49-,50-,51-,52+,53-,54-,55-,56-,59?,60?/m1/s1. The molecular weight excluding hydrogens is 1050 g/mol. The molecule has 2 aromatic carbocycles. The van der Waals surface area contributed by atoms with E-state index < -0.39 is 134 Å². The number of benzene rings is 2. The maximum Gasteiger partial charge on any atom is 0.226 e. The molecule has 81 heavy (non-hydrogen) atoms. The second-order valence-corrected chi connectivity index (χ2v) is 22.8. The number of fused-ring (bicyclic) bond motifs is 5. The molecule has 0 aliphatic carbocycles. The number of ether oxygens (including phenoxy) is 4. The van der Waals surface area contributed by atoms with Crippen molar-refractivity contribution in [3.63, 3.8) is 0 Å². The van der Waals surface area contributed by atoms with E-state index in [2.05, 4.69) is 12.2 Å². The predicted molar refractivity (Wildman–Crippen MR) is 301 cm³/mol. The third-order valence-corrected chi connectivity index (χ3v) is 16.2. The summed E-state index contributed by atoms with van der Waals surface area (Å²) in [5.74, 6) is -5.17. The molecule has 21 heteroatoms. The van der Waals surface area contributed by atoms with Crippen molar-refractivity contribution in [2.24, 2.45) is 35.0 Å². The fraction of sp³-hybridized carbons (Fsp3) is 0.700. The zero-order valence-corrected chi connectivity index (χ0v) is 48.1. The SMILES string of the molecule is CCCCCCCCCCCCCC(=O)C[C@@H](CCCCN)C(=O)N(C)[C@@H]1C(=O)C[C@@H](C)C(=O)N[C@H](C(=O)C[C@@H](C)C(C)=O)Cc2ccc(OC3O[C@H](CO)[C@@H](O)[C@H](O)[C@H]3N)c(c2)-c2cc1ccc2OC1O[C@H](CO)[C@@H](O)[C@H](O)[C@H]1N. The molecule has 15 atom stereocenters. The Hall–Kier alpha value is -4.78. The Balaban J connectivity index is 1.63. The number of nitrogens with one attached hydrogen (secondary N) is 1. The van der Waals surface area contributed by atoms with Crippen LogP contribution in [0.25, 0.3) is 11.1 Å². The van der Waals surface area contributed by atoms with E-state index in [9.17, 15) is 49.8 Å². The van der Waals surface area contributed by atoms with Crippen LogP contribution in [0, 0.1) is 17.8 Å². The molecule has 0 spiro atoms. The predicted octanol–water partition coefficient (Wildman–Crippen LogP) is 3.37. The highest BCUT2D eigenvalue weighted by atomic mass is 16.7. The van der Waals surface area contributed by atoms with Crippen LogP contribution in [-0.4, -0.2) is 165 Å². The summed E-state index contributed by atoms with van der Waals surface area (Å²) in [4.78, 5) is 86.2. The summed E-state index contributed by atoms with van der Waals surface area (Å²) in [5, 5.41) is 66.4. The number of rotatable bonds is 30. The van der Waals surface area contributed by atoms with E-state index in [0.29, 0.717) is 44.2 Å². The number of hydrogen-bond acceptors (Lipinski definition) is 19. The van der Waals surface area contributed by atoms with Gasteiger partial charge >= 0.3 is 0 Å². The number of Topliss-reactive ketones (excluding diaryl/α,β-unsaturated/α-hetero) is 4. The van der Waals surface area contributed by atoms with Crippen LogP contribution in [0.2, 0.25) is 0 Å². The quantitative estimate of drug-likeness (QED) is 0.0501. The largest absolute Gasteiger partial charge is 0.462 e. The second-order valence-electron chi connectivity index (χ2n) is 22.8. The Morgan fingerprint density at radius 2 is 1.26 bits per heavy atom. The number of carbonyl (C=O) groups is 6. The lowest BCUT2D eigenvalue weighted by atomic mass is 9.87. The maximum atomic E-state index is 15.2. The first-order valence-electron chi connectivity index (χ1n) is 29.4. The van der Waals surface area contributed by atoms with Gasteiger partial charge in [0.15, 0.2) is 11.6 Å². The Morgan fingerprint density at radius 3 is 1.79 bits per heavy atom. The number of nitrogens with zero attached hydrogens (tertiary/aromatic N) is 1. The molecule has 2 aromatic rings. The van der Waals surface area contributed by atoms with E-state index in [4.69, 9.17) is 36.1 Å². The molecule has 0 radical (unpaired) electrons. The van der Waals surface area contributed by atoms with Crippen LogP contribution in [-0.2, 0) is 44.7 Å². The lowest BCUT2D eigenvalue weighted by Crippen LogP contribution is -2.63. The average Bonchev–Trinajstić information content (AvgIpc) is 3.46. The number of unbranched alkanes of at least 4 members (excludes halogenated alkanes) is 11. The molecule has 0 saturated carbocycles. The third-order valence-electron chi connectivity index (χ3n) is 16.2. The van der Waals surface area contributed by atoms with Gasteiger partial charge in [0.25, 0.3) is 0 Å². The highest BCUT2D eigenvalue weighted by Gasteiger charge is 2.46. The molecular formula is C60H93N5O16. The van der Waals surface area contributed by atoms with Gasteiger partial charge < -0.3 is 77.0 Å². The summed E-state index contributed by atoms with van der Waals surface area (Å²) in [6, 6.07) is 3.76. The van der Waals surface area contributed by atoms with Crippen LogP contribution >= 0.6 is 0 Å². The highest BCUT2D eigenvalue weighted by molar-refractivity contribution is 5.97. The number of hydrogen-bond donors (Lipinski definition) is 10. The van der Waals surface area contributed by atoms with Crippen LogP contribution in [0.1, 0.15) is 160 Å². The van der Waals surface area contributed by atoms with Gasteiger partial charge in [-0.2, -0.15) is 0 Å². The van der Waals surface area contributed by atoms with Crippen molar-refractivity contribution in [2.75, 3.05) is 26.8 Å². The lowest BCUT2D eigenvalue weighted by molar-refractivity contribution is -0.239. The van der Waals surface area contributed by atoms with Crippen molar-refractivity contribution in [2.45, 2.75) is 223 Å². The van der Waals surface area contributed by atoms with Crippen LogP contribution in [0.15, 0.2) is 36.4 Å². The minimum Gasteiger partial charge on any atom is -0.462 e. The summed E-state index contributed by atoms with van der Waals surface area (Å²) in [7, 11) is 1.46. The van der Waals surface area contributed by atoms with Crippen molar-refractivity contribution in [3.05, 3.63) is 47.5 Å². The molecule has 3 aliphatic heterocycles. The van der Waals surface area contributed by atoms with Gasteiger partial charge in [0.2, 0.25) is 24.4 Å². The minimum atomic E-state index is -1.63. The molecule has 13 N–H and O–H groups in total. The molecule has 2 amide bonds. The zero-order valence-electron chi connectivity index (χ0n) is 48.1. The summed E-state index contributed by atoms with van der Waals surface area (Å²) >= 11 is 0. The first kappa shape index (κ1) is 67.0. The number of carbonyl (C=O) groups excluding carboxylic acids is 6. The van der Waals surface area contributed by atoms with Gasteiger partial charge in [-0.25, -0.2) is 0 Å². The van der Waals surface area contributed by atoms with Crippen molar-refractivity contribution in [3.8, 4) is 22.6 Å². The Labute approximate surface area is 477 Å². The highest BCUT2D eigenvalue weighted by Crippen LogP contribution is 2.43. The number of aliphatic hydroxyl groups excluding tert-OH is 6. The van der Waals surface area contributed by atoms with Crippen molar-refractivity contribution >= 4 is 34.9 Å². The monoisotopic (exact) mass is 1140 g/mol. The zero-order chi connectivity index (χ0) is 59.5. The van der Waals surface area contributed by atoms with Gasteiger partial charge in [0.05, 0.1) is 31.3 Å². The number of nitrogens with two attached hydrogens (primary N) is 3. The molecule has 0 aromatic heterocycles. The Bertz CT molecular complexity index is 2370. The van der Waals surface area contributed by atoms with Crippen LogP contribution in [0.3, 0.4) is 0 Å². The fourth-order valence-corrected chi connectivity index (χ4v) is 10.9. The van der Waals surface area contributed by atoms with E-state index in [1.165, 1.54) is 82.5 Å². The van der Waals surface area contributed by atoms with Crippen LogP contribution in [0.4, 0.5) is 0 Å². The first-order chi connectivity index (χ1) is 38.6. The maximum absolute atomic E-state index is 15.2. The van der Waals surface area contributed by atoms with Gasteiger partial charge in [-0.3, -0.25) is 28.8 Å². The van der Waals surface area contributed by atoms with E-state index in [1.54, 1.807) is 25.1 Å². The van der Waals surface area contributed by atoms with Gasteiger partial charge in [0, 0.05) is 61.6 Å². The van der Waals surface area contributed by atoms with Crippen molar-refractivity contribution in [1.82, 2.24) is 10.2 Å². The van der Waals surface area contributed by atoms with E-state index in [0.717, 1.165) is 25.7 Å². The molecule has 4 bridgehead atoms. The molecule has 5 rings (SSSR count). The van der Waals surface area contributed by atoms with Crippen LogP contribution in [0.5, 0.6) is 11.5 Å². The summed E-state index contributed by atoms with van der Waals surface area (Å²) in [6.07, 6.45) is 0.979. The molecule has 2 unspecified atom stereocenters. The van der Waals surface area contributed by atoms with E-state index in [-0.39, 0.29) is 59.0 Å². The number of likely N-dealkylation sites (N-methyl/N-ethyl adjacent to an activating group) is 1. The minimum absolute atomic E-state index is 0.0274. The Morgan fingerprint density at radius 1 is 0.728 bits per heavy atom. The average molecular weight is 1140 g/mol. The topological polar surface area (TPSA) is 354 Å². The smallest absolute Gasteiger partial charge is 0.226 e. The number of amides is 2. The molecule has 2 saturated heterocycles. The van der Waals surface area contributed by atoms with Gasteiger partial charge in [-0.15, -0.1) is 0 Å². The molecule has 3 heterocycles. The van der Waals surface area contributed by atoms with Crippen molar-refractivity contribution in [1.29, 1.82) is 0 Å². The van der Waals surface area contributed by atoms with Crippen LogP contribution < -0.4 is 32.0 Å². The normalized spacial score (nSPS) is 27.8. The summed E-state index contributed by atoms with van der Waals surface area (Å²) in [6.45, 7) is 5.60.